The molecule has 0 spiro atoms. The third-order valence-corrected chi connectivity index (χ3v) is 10.0. The summed E-state index contributed by atoms with van der Waals surface area (Å²) in [6, 6.07) is 14.8. The summed E-state index contributed by atoms with van der Waals surface area (Å²) in [6.07, 6.45) is 7.02. The van der Waals surface area contributed by atoms with Crippen molar-refractivity contribution in [2.24, 2.45) is 5.73 Å². The van der Waals surface area contributed by atoms with Crippen LogP contribution in [0.15, 0.2) is 48.7 Å². The monoisotopic (exact) mass is 580 g/mol. The van der Waals surface area contributed by atoms with Crippen LogP contribution in [0.4, 0.5) is 11.6 Å². The van der Waals surface area contributed by atoms with Crippen molar-refractivity contribution in [3.63, 3.8) is 0 Å². The summed E-state index contributed by atoms with van der Waals surface area (Å²) >= 11 is 6.15. The molecule has 3 aromatic rings. The number of amides is 1. The van der Waals surface area contributed by atoms with Gasteiger partial charge in [-0.05, 0) is 0 Å². The first-order valence-electron chi connectivity index (χ1n) is 12.8. The van der Waals surface area contributed by atoms with Gasteiger partial charge in [-0.15, -0.1) is 0 Å². The van der Waals surface area contributed by atoms with Gasteiger partial charge in [-0.3, -0.25) is 0 Å². The third-order valence-electron chi connectivity index (χ3n) is 7.17. The molecule has 1 saturated heterocycles. The summed E-state index contributed by atoms with van der Waals surface area (Å²) in [5.74, 6) is 0.169. The molecule has 1 atom stereocenters. The van der Waals surface area contributed by atoms with Crippen LogP contribution in [0.25, 0.3) is 0 Å². The predicted octanol–water partition coefficient (Wildman–Crippen LogP) is 3.54. The average molecular weight is 581 g/mol. The number of anilines is 2. The third kappa shape index (κ3) is 6.71. The summed E-state index contributed by atoms with van der Waals surface area (Å²) in [5, 5.41) is 4.87. The van der Waals surface area contributed by atoms with Crippen LogP contribution in [0.5, 0.6) is 0 Å². The predicted molar refractivity (Wildman–Crippen MR) is 148 cm³/mol. The van der Waals surface area contributed by atoms with Crippen molar-refractivity contribution in [3.8, 4) is 0 Å². The van der Waals surface area contributed by atoms with Gasteiger partial charge in [-0.25, -0.2) is 0 Å². The number of aromatic nitrogens is 2. The molecule has 1 unspecified atom stereocenters. The first-order chi connectivity index (χ1) is 18.1. The van der Waals surface area contributed by atoms with Gasteiger partial charge < -0.3 is 4.74 Å². The van der Waals surface area contributed by atoms with E-state index in [4.69, 9.17) is 27.1 Å². The minimum atomic E-state index is -0.393. The standard InChI is InChI=1S/C28H32AsClN5O2/c30-25-18-32-28(34-26(25)29-12-11-20-3-1-2-4-24(20)27(31)36)33-22-8-5-19-6-9-23(10-7-21(19)17-22)35-13-15-37-16-14-35/h1-5,8,17-18,23H,6-7,9-16H2,(H2,31,36)(H,32,33,34). The zero-order valence-corrected chi connectivity index (χ0v) is 23.5. The molecule has 1 aliphatic carbocycles. The van der Waals surface area contributed by atoms with Crippen LogP contribution in [0.1, 0.15) is 39.9 Å². The second-order valence-corrected chi connectivity index (χ2v) is 12.4. The number of hydrogen-bond donors (Lipinski definition) is 2. The number of nitrogens with zero attached hydrogens (tertiary/aromatic N) is 3. The summed E-state index contributed by atoms with van der Waals surface area (Å²) < 4.78 is 6.43. The van der Waals surface area contributed by atoms with Crippen LogP contribution in [-0.2, 0) is 24.0 Å². The molecule has 1 aliphatic heterocycles. The van der Waals surface area contributed by atoms with Crippen LogP contribution >= 0.6 is 11.6 Å². The number of primary amides is 1. The average Bonchev–Trinajstić information content (AvgIpc) is 3.13. The number of ether oxygens (including phenoxy) is 1. The molecule has 0 saturated carbocycles. The van der Waals surface area contributed by atoms with Crippen molar-refractivity contribution < 1.29 is 9.53 Å². The molecule has 7 nitrogen and oxygen atoms in total. The van der Waals surface area contributed by atoms with E-state index in [0.717, 1.165) is 66.5 Å². The van der Waals surface area contributed by atoms with Crippen molar-refractivity contribution in [1.29, 1.82) is 0 Å². The normalized spacial score (nSPS) is 18.5. The van der Waals surface area contributed by atoms with E-state index in [1.54, 1.807) is 12.3 Å². The molecule has 2 aromatic carbocycles. The van der Waals surface area contributed by atoms with Crippen molar-refractivity contribution >= 4 is 49.4 Å². The van der Waals surface area contributed by atoms with E-state index in [-0.39, 0.29) is 15.8 Å². The van der Waals surface area contributed by atoms with Gasteiger partial charge in [-0.1, -0.05) is 0 Å². The Hall–Kier alpha value is -2.44. The Kier molecular flexibility index (Phi) is 8.77. The number of hydrogen-bond acceptors (Lipinski definition) is 6. The molecule has 2 aliphatic rings. The van der Waals surface area contributed by atoms with E-state index >= 15 is 0 Å². The molecule has 193 valence electrons. The number of fused-ring (bicyclic) bond motifs is 1. The zero-order chi connectivity index (χ0) is 25.6. The van der Waals surface area contributed by atoms with Gasteiger partial charge in [0.2, 0.25) is 0 Å². The molecule has 1 amide bonds. The fraction of sp³-hybridized carbons (Fsp3) is 0.393. The Balaban J connectivity index is 1.21. The van der Waals surface area contributed by atoms with Gasteiger partial charge in [0.1, 0.15) is 0 Å². The van der Waals surface area contributed by atoms with E-state index in [2.05, 4.69) is 33.4 Å². The second-order valence-electron chi connectivity index (χ2n) is 9.51. The van der Waals surface area contributed by atoms with Gasteiger partial charge in [-0.2, -0.15) is 0 Å². The number of morpholine rings is 1. The quantitative estimate of drug-likeness (QED) is 0.313. The summed E-state index contributed by atoms with van der Waals surface area (Å²) in [4.78, 5) is 23.5. The number of rotatable bonds is 8. The Morgan fingerprint density at radius 2 is 1.92 bits per heavy atom. The molecule has 1 radical (unpaired) electrons. The van der Waals surface area contributed by atoms with E-state index < -0.39 is 5.91 Å². The number of halogens is 1. The zero-order valence-electron chi connectivity index (χ0n) is 20.8. The molecule has 37 heavy (non-hydrogen) atoms. The molecule has 2 heterocycles. The molecular weight excluding hydrogens is 549 g/mol. The van der Waals surface area contributed by atoms with Crippen molar-refractivity contribution in [1.82, 2.24) is 14.9 Å². The van der Waals surface area contributed by atoms with Crippen molar-refractivity contribution in [3.05, 3.63) is 75.9 Å². The van der Waals surface area contributed by atoms with Crippen LogP contribution in [0.2, 0.25) is 10.2 Å². The molecule has 0 bridgehead atoms. The van der Waals surface area contributed by atoms with Gasteiger partial charge in [0.15, 0.2) is 0 Å². The van der Waals surface area contributed by atoms with Gasteiger partial charge in [0.25, 0.3) is 0 Å². The first kappa shape index (κ1) is 26.2. The maximum atomic E-state index is 11.7. The minimum absolute atomic E-state index is 0.292. The second kappa shape index (κ2) is 12.4. The fourth-order valence-corrected chi connectivity index (χ4v) is 7.57. The van der Waals surface area contributed by atoms with Crippen molar-refractivity contribution in [2.75, 3.05) is 31.6 Å². The molecular formula is C28H32AsClN5O2. The van der Waals surface area contributed by atoms with Gasteiger partial charge >= 0.3 is 212 Å². The molecule has 1 aromatic heterocycles. The Morgan fingerprint density at radius 1 is 1.14 bits per heavy atom. The van der Waals surface area contributed by atoms with Crippen molar-refractivity contribution in [2.45, 2.75) is 43.4 Å². The van der Waals surface area contributed by atoms with Gasteiger partial charge in [0.05, 0.1) is 13.2 Å². The van der Waals surface area contributed by atoms with Crippen LogP contribution in [0.3, 0.4) is 0 Å². The number of nitrogens with two attached hydrogens (primary N) is 1. The fourth-order valence-electron chi connectivity index (χ4n) is 5.20. The number of carbonyl (C=O) groups is 1. The molecule has 5 rings (SSSR count). The number of carbonyl (C=O) groups excluding carboxylic acids is 1. The van der Waals surface area contributed by atoms with Crippen LogP contribution < -0.4 is 15.5 Å². The molecule has 1 fully saturated rings. The van der Waals surface area contributed by atoms with E-state index in [1.807, 2.05) is 18.2 Å². The van der Waals surface area contributed by atoms with Crippen LogP contribution in [-0.4, -0.2) is 68.9 Å². The first-order valence-corrected chi connectivity index (χ1v) is 15.5. The summed E-state index contributed by atoms with van der Waals surface area (Å²) in [5.41, 5.74) is 10.9. The van der Waals surface area contributed by atoms with E-state index in [0.29, 0.717) is 22.6 Å². The van der Waals surface area contributed by atoms with E-state index in [1.165, 1.54) is 24.0 Å². The topological polar surface area (TPSA) is 93.4 Å². The Labute approximate surface area is 229 Å². The summed E-state index contributed by atoms with van der Waals surface area (Å²) in [6.45, 7) is 3.79. The van der Waals surface area contributed by atoms with Gasteiger partial charge in [0, 0.05) is 0 Å². The molecule has 9 heteroatoms. The Bertz CT molecular complexity index is 1250. The Morgan fingerprint density at radius 3 is 2.73 bits per heavy atom. The summed E-state index contributed by atoms with van der Waals surface area (Å²) in [7, 11) is 0. The number of nitrogens with one attached hydrogen (secondary N) is 1. The molecule has 3 N–H and O–H groups in total. The van der Waals surface area contributed by atoms with Crippen LogP contribution in [0, 0.1) is 0 Å². The van der Waals surface area contributed by atoms with E-state index in [9.17, 15) is 4.79 Å². The maximum absolute atomic E-state index is 11.7. The number of benzene rings is 2. The SMILES string of the molecule is NC(=O)c1ccccc1CC[As]c1nc(Nc2ccc3c(c2)CCC(N2CCOCC2)CC3)ncc1Cl. The number of aryl methyl sites for hydroxylation is 3.